The van der Waals surface area contributed by atoms with E-state index in [1.54, 1.807) is 0 Å². The van der Waals surface area contributed by atoms with Crippen LogP contribution in [0.3, 0.4) is 0 Å². The Bertz CT molecular complexity index is 389. The van der Waals surface area contributed by atoms with Crippen molar-refractivity contribution in [2.75, 3.05) is 13.1 Å². The second-order valence-corrected chi connectivity index (χ2v) is 5.82. The van der Waals surface area contributed by atoms with Crippen LogP contribution >= 0.6 is 23.4 Å². The predicted octanol–water partition coefficient (Wildman–Crippen LogP) is 3.35. The van der Waals surface area contributed by atoms with E-state index in [1.807, 2.05) is 23.9 Å². The van der Waals surface area contributed by atoms with E-state index in [-0.39, 0.29) is 0 Å². The van der Waals surface area contributed by atoms with Crippen molar-refractivity contribution < 1.29 is 0 Å². The van der Waals surface area contributed by atoms with Crippen LogP contribution in [-0.2, 0) is 6.42 Å². The summed E-state index contributed by atoms with van der Waals surface area (Å²) < 4.78 is 0. The molecule has 1 aliphatic heterocycles. The van der Waals surface area contributed by atoms with Gasteiger partial charge >= 0.3 is 0 Å². The van der Waals surface area contributed by atoms with E-state index < -0.39 is 0 Å². The lowest BCUT2D eigenvalue weighted by atomic mass is 10.1. The van der Waals surface area contributed by atoms with Gasteiger partial charge in [-0.2, -0.15) is 0 Å². The first kappa shape index (κ1) is 12.8. The summed E-state index contributed by atoms with van der Waals surface area (Å²) in [5, 5.41) is 5.96. The van der Waals surface area contributed by atoms with Gasteiger partial charge < -0.3 is 5.32 Å². The van der Waals surface area contributed by atoms with E-state index in [0.717, 1.165) is 29.7 Å². The molecule has 0 amide bonds. The highest BCUT2D eigenvalue weighted by Gasteiger charge is 2.16. The topological polar surface area (TPSA) is 24.4 Å². The molecule has 1 aromatic carbocycles. The number of hydrogen-bond acceptors (Lipinski definition) is 3. The van der Waals surface area contributed by atoms with Gasteiger partial charge in [0.05, 0.1) is 6.54 Å². The molecule has 1 heterocycles. The number of nitrogens with zero attached hydrogens (tertiary/aromatic N) is 1. The van der Waals surface area contributed by atoms with Crippen LogP contribution in [0.2, 0.25) is 5.02 Å². The van der Waals surface area contributed by atoms with Gasteiger partial charge in [0.1, 0.15) is 0 Å². The van der Waals surface area contributed by atoms with Gasteiger partial charge in [-0.25, -0.2) is 0 Å². The van der Waals surface area contributed by atoms with Gasteiger partial charge in [-0.1, -0.05) is 42.4 Å². The minimum Gasteiger partial charge on any atom is -0.365 e. The maximum absolute atomic E-state index is 5.84. The zero-order valence-electron chi connectivity index (χ0n) is 9.95. The molecule has 92 valence electrons. The average molecular weight is 269 g/mol. The van der Waals surface area contributed by atoms with E-state index in [9.17, 15) is 0 Å². The smallest absolute Gasteiger partial charge is 0.156 e. The minimum absolute atomic E-state index is 0.674. The second kappa shape index (κ2) is 6.31. The first-order valence-corrected chi connectivity index (χ1v) is 7.23. The molecule has 1 atom stereocenters. The van der Waals surface area contributed by atoms with E-state index >= 15 is 0 Å². The zero-order valence-corrected chi connectivity index (χ0v) is 11.5. The second-order valence-electron chi connectivity index (χ2n) is 4.10. The van der Waals surface area contributed by atoms with Crippen molar-refractivity contribution in [2.24, 2.45) is 4.99 Å². The monoisotopic (exact) mass is 268 g/mol. The van der Waals surface area contributed by atoms with E-state index in [0.29, 0.717) is 5.25 Å². The van der Waals surface area contributed by atoms with E-state index in [1.165, 1.54) is 12.0 Å². The standard InChI is InChI=1S/C13H17ClN2S/c1-2-12-9-16-13(17-12)15-8-7-10-3-5-11(14)6-4-10/h3-6,12H,2,7-9H2,1H3,(H,15,16). The lowest BCUT2D eigenvalue weighted by molar-refractivity contribution is 0.836. The van der Waals surface area contributed by atoms with Crippen LogP contribution in [0.15, 0.2) is 29.3 Å². The summed E-state index contributed by atoms with van der Waals surface area (Å²) in [6.07, 6.45) is 2.20. The normalized spacial score (nSPS) is 19.2. The molecule has 1 N–H and O–H groups in total. The maximum Gasteiger partial charge on any atom is 0.156 e. The lowest BCUT2D eigenvalue weighted by Gasteiger charge is -2.07. The van der Waals surface area contributed by atoms with Gasteiger partial charge in [-0.15, -0.1) is 0 Å². The van der Waals surface area contributed by atoms with Gasteiger partial charge in [-0.05, 0) is 30.5 Å². The molecule has 0 bridgehead atoms. The van der Waals surface area contributed by atoms with Gasteiger partial charge in [0, 0.05) is 16.8 Å². The number of rotatable bonds is 4. The molecule has 0 spiro atoms. The molecule has 0 saturated carbocycles. The molecular weight excluding hydrogens is 252 g/mol. The third-order valence-electron chi connectivity index (χ3n) is 2.78. The van der Waals surface area contributed by atoms with Crippen LogP contribution in [0.25, 0.3) is 0 Å². The molecule has 1 aliphatic rings. The molecular formula is C13H17ClN2S. The van der Waals surface area contributed by atoms with Crippen molar-refractivity contribution in [2.45, 2.75) is 25.0 Å². The molecule has 1 aromatic rings. The Labute approximate surface area is 112 Å². The van der Waals surface area contributed by atoms with Crippen LogP contribution < -0.4 is 5.32 Å². The molecule has 0 saturated heterocycles. The molecule has 1 unspecified atom stereocenters. The largest absolute Gasteiger partial charge is 0.365 e. The number of hydrogen-bond donors (Lipinski definition) is 1. The molecule has 17 heavy (non-hydrogen) atoms. The van der Waals surface area contributed by atoms with Crippen molar-refractivity contribution in [3.63, 3.8) is 0 Å². The molecule has 4 heteroatoms. The van der Waals surface area contributed by atoms with Crippen molar-refractivity contribution in [1.29, 1.82) is 0 Å². The first-order valence-electron chi connectivity index (χ1n) is 5.97. The Kier molecular flexibility index (Phi) is 4.75. The molecule has 2 rings (SSSR count). The quantitative estimate of drug-likeness (QED) is 0.906. The third kappa shape index (κ3) is 3.93. The fraction of sp³-hybridized carbons (Fsp3) is 0.462. The van der Waals surface area contributed by atoms with Crippen molar-refractivity contribution in [3.05, 3.63) is 34.9 Å². The Morgan fingerprint density at radius 3 is 2.82 bits per heavy atom. The summed E-state index contributed by atoms with van der Waals surface area (Å²) in [7, 11) is 0. The van der Waals surface area contributed by atoms with Gasteiger partial charge in [0.25, 0.3) is 0 Å². The highest BCUT2D eigenvalue weighted by atomic mass is 35.5. The van der Waals surface area contributed by atoms with Crippen molar-refractivity contribution >= 4 is 28.5 Å². The summed E-state index contributed by atoms with van der Waals surface area (Å²) in [5.41, 5.74) is 1.30. The summed E-state index contributed by atoms with van der Waals surface area (Å²) >= 11 is 7.71. The lowest BCUT2D eigenvalue weighted by Crippen LogP contribution is -2.22. The number of halogens is 1. The Hall–Kier alpha value is -0.670. The van der Waals surface area contributed by atoms with Crippen LogP contribution in [0, 0.1) is 0 Å². The Morgan fingerprint density at radius 2 is 2.18 bits per heavy atom. The van der Waals surface area contributed by atoms with Gasteiger partial charge in [-0.3, -0.25) is 4.99 Å². The Morgan fingerprint density at radius 1 is 1.41 bits per heavy atom. The zero-order chi connectivity index (χ0) is 12.1. The number of nitrogens with one attached hydrogen (secondary N) is 1. The number of amidine groups is 1. The summed E-state index contributed by atoms with van der Waals surface area (Å²) in [4.78, 5) is 4.48. The predicted molar refractivity (Wildman–Crippen MR) is 77.1 cm³/mol. The van der Waals surface area contributed by atoms with Crippen LogP contribution in [0.5, 0.6) is 0 Å². The molecule has 0 radical (unpaired) electrons. The van der Waals surface area contributed by atoms with Crippen LogP contribution in [-0.4, -0.2) is 23.5 Å². The van der Waals surface area contributed by atoms with Gasteiger partial charge in [0.2, 0.25) is 0 Å². The third-order valence-corrected chi connectivity index (χ3v) is 4.34. The number of benzene rings is 1. The number of aliphatic imine (C=N–C) groups is 1. The van der Waals surface area contributed by atoms with E-state index in [4.69, 9.17) is 11.6 Å². The first-order chi connectivity index (χ1) is 8.28. The number of thioether (sulfide) groups is 1. The summed E-state index contributed by atoms with van der Waals surface area (Å²) in [5.74, 6) is 0. The summed E-state index contributed by atoms with van der Waals surface area (Å²) in [6.45, 7) is 4.11. The van der Waals surface area contributed by atoms with Crippen molar-refractivity contribution in [1.82, 2.24) is 5.32 Å². The van der Waals surface area contributed by atoms with E-state index in [2.05, 4.69) is 29.4 Å². The van der Waals surface area contributed by atoms with Gasteiger partial charge in [0.15, 0.2) is 5.17 Å². The minimum atomic E-state index is 0.674. The molecule has 0 fully saturated rings. The molecule has 2 nitrogen and oxygen atoms in total. The highest BCUT2D eigenvalue weighted by molar-refractivity contribution is 8.14. The molecule has 0 aliphatic carbocycles. The van der Waals surface area contributed by atoms with Crippen molar-refractivity contribution in [3.8, 4) is 0 Å². The fourth-order valence-corrected chi connectivity index (χ4v) is 2.78. The molecule has 0 aromatic heterocycles. The SMILES string of the molecule is CCC1CN=C(NCCc2ccc(Cl)cc2)S1. The maximum atomic E-state index is 5.84. The van der Waals surface area contributed by atoms with Crippen LogP contribution in [0.4, 0.5) is 0 Å². The fourth-order valence-electron chi connectivity index (χ4n) is 1.69. The summed E-state index contributed by atoms with van der Waals surface area (Å²) in [6, 6.07) is 8.02. The Balaban J connectivity index is 1.71. The average Bonchev–Trinajstić information content (AvgIpc) is 2.80. The highest BCUT2D eigenvalue weighted by Crippen LogP contribution is 2.21. The van der Waals surface area contributed by atoms with Crippen LogP contribution in [0.1, 0.15) is 18.9 Å².